The van der Waals surface area contributed by atoms with E-state index in [0.29, 0.717) is 11.5 Å². The molecule has 3 aliphatic rings. The van der Waals surface area contributed by atoms with Crippen LogP contribution >= 0.6 is 0 Å². The lowest BCUT2D eigenvalue weighted by Crippen LogP contribution is -2.54. The fourth-order valence-corrected chi connectivity index (χ4v) is 4.57. The third kappa shape index (κ3) is 3.44. The monoisotopic (exact) mass is 315 g/mol. The maximum absolute atomic E-state index is 6.06. The second-order valence-corrected chi connectivity index (χ2v) is 7.63. The Morgan fingerprint density at radius 1 is 1.13 bits per heavy atom. The third-order valence-corrected chi connectivity index (χ3v) is 6.09. The van der Waals surface area contributed by atoms with Gasteiger partial charge in [-0.2, -0.15) is 0 Å². The van der Waals surface area contributed by atoms with Gasteiger partial charge in [-0.1, -0.05) is 12.5 Å². The summed E-state index contributed by atoms with van der Waals surface area (Å²) < 4.78 is 6.06. The van der Waals surface area contributed by atoms with Crippen LogP contribution in [0.5, 0.6) is 0 Å². The van der Waals surface area contributed by atoms with E-state index in [1.165, 1.54) is 70.4 Å². The van der Waals surface area contributed by atoms with Gasteiger partial charge in [0.15, 0.2) is 0 Å². The van der Waals surface area contributed by atoms with Crippen LogP contribution in [0.2, 0.25) is 0 Å². The highest BCUT2D eigenvalue weighted by Gasteiger charge is 2.47. The van der Waals surface area contributed by atoms with Crippen LogP contribution in [-0.2, 0) is 11.3 Å². The van der Waals surface area contributed by atoms with Crippen molar-refractivity contribution >= 4 is 0 Å². The van der Waals surface area contributed by atoms with Gasteiger partial charge in [0.1, 0.15) is 0 Å². The molecule has 1 atom stereocenters. The molecular formula is C19H29N3O. The van der Waals surface area contributed by atoms with Gasteiger partial charge in [0.05, 0.1) is 6.10 Å². The molecule has 126 valence electrons. The number of nitrogens with zero attached hydrogens (tertiary/aromatic N) is 3. The number of aromatic nitrogens is 1. The Balaban J connectivity index is 1.28. The quantitative estimate of drug-likeness (QED) is 0.835. The van der Waals surface area contributed by atoms with Crippen LogP contribution in [-0.4, -0.2) is 60.2 Å². The number of rotatable bonds is 5. The Labute approximate surface area is 139 Å². The first-order valence-electron chi connectivity index (χ1n) is 9.29. The first-order chi connectivity index (χ1) is 11.3. The average Bonchev–Trinajstić information content (AvgIpc) is 3.08. The van der Waals surface area contributed by atoms with Crippen molar-refractivity contribution < 1.29 is 4.74 Å². The predicted molar refractivity (Wildman–Crippen MR) is 91.2 cm³/mol. The van der Waals surface area contributed by atoms with Gasteiger partial charge in [0.25, 0.3) is 0 Å². The summed E-state index contributed by atoms with van der Waals surface area (Å²) in [5.74, 6) is 0. The molecule has 0 spiro atoms. The second-order valence-electron chi connectivity index (χ2n) is 7.63. The van der Waals surface area contributed by atoms with Crippen LogP contribution in [0.1, 0.15) is 37.7 Å². The van der Waals surface area contributed by atoms with Crippen molar-refractivity contribution in [3.8, 4) is 0 Å². The van der Waals surface area contributed by atoms with Crippen molar-refractivity contribution in [2.24, 2.45) is 5.41 Å². The lowest BCUT2D eigenvalue weighted by atomic mass is 9.64. The highest BCUT2D eigenvalue weighted by molar-refractivity contribution is 5.08. The Morgan fingerprint density at radius 2 is 1.96 bits per heavy atom. The molecule has 0 N–H and O–H groups in total. The molecule has 1 aromatic heterocycles. The summed E-state index contributed by atoms with van der Waals surface area (Å²) in [6.07, 6.45) is 11.1. The van der Waals surface area contributed by atoms with Crippen molar-refractivity contribution in [2.45, 2.75) is 44.8 Å². The van der Waals surface area contributed by atoms with Gasteiger partial charge < -0.3 is 9.64 Å². The summed E-state index contributed by atoms with van der Waals surface area (Å²) in [4.78, 5) is 9.48. The van der Waals surface area contributed by atoms with Crippen molar-refractivity contribution in [3.63, 3.8) is 0 Å². The number of hydrogen-bond donors (Lipinski definition) is 0. The smallest absolute Gasteiger partial charge is 0.0644 e. The van der Waals surface area contributed by atoms with Crippen molar-refractivity contribution in [1.29, 1.82) is 0 Å². The van der Waals surface area contributed by atoms with Crippen LogP contribution < -0.4 is 0 Å². The van der Waals surface area contributed by atoms with E-state index in [4.69, 9.17) is 4.74 Å². The van der Waals surface area contributed by atoms with Crippen LogP contribution in [0.4, 0.5) is 0 Å². The largest absolute Gasteiger partial charge is 0.378 e. The molecule has 3 fully saturated rings. The molecule has 3 heterocycles. The van der Waals surface area contributed by atoms with E-state index < -0.39 is 0 Å². The molecule has 1 unspecified atom stereocenters. The van der Waals surface area contributed by atoms with E-state index in [9.17, 15) is 0 Å². The number of hydrogen-bond acceptors (Lipinski definition) is 4. The molecule has 1 aliphatic carbocycles. The van der Waals surface area contributed by atoms with E-state index in [0.717, 1.165) is 13.2 Å². The topological polar surface area (TPSA) is 28.6 Å². The molecule has 0 radical (unpaired) electrons. The third-order valence-electron chi connectivity index (χ3n) is 6.09. The lowest BCUT2D eigenvalue weighted by Gasteiger charge is -2.50. The van der Waals surface area contributed by atoms with E-state index >= 15 is 0 Å². The highest BCUT2D eigenvalue weighted by atomic mass is 16.5. The Hall–Kier alpha value is -0.970. The maximum Gasteiger partial charge on any atom is 0.0644 e. The molecule has 4 heteroatoms. The first kappa shape index (κ1) is 15.6. The standard InChI is InChI=1S/C19H29N3O/c1-4-17(14-20-8-1)15-21-9-11-22(12-10-21)16-19(6-3-7-19)18-5-2-13-23-18/h1,4,8,14,18H,2-3,5-7,9-13,15-16H2. The van der Waals surface area contributed by atoms with Gasteiger partial charge in [-0.25, -0.2) is 0 Å². The Morgan fingerprint density at radius 3 is 2.57 bits per heavy atom. The van der Waals surface area contributed by atoms with Gasteiger partial charge in [0.2, 0.25) is 0 Å². The SMILES string of the molecule is c1cncc(CN2CCN(CC3(C4CCCO4)CCC3)CC2)c1. The van der Waals surface area contributed by atoms with Gasteiger partial charge in [0, 0.05) is 63.7 Å². The lowest BCUT2D eigenvalue weighted by molar-refractivity contribution is -0.0746. The fourth-order valence-electron chi connectivity index (χ4n) is 4.57. The molecular weight excluding hydrogens is 286 g/mol. The summed E-state index contributed by atoms with van der Waals surface area (Å²) in [7, 11) is 0. The molecule has 4 nitrogen and oxygen atoms in total. The summed E-state index contributed by atoms with van der Waals surface area (Å²) >= 11 is 0. The number of piperazine rings is 1. The molecule has 2 saturated heterocycles. The van der Waals surface area contributed by atoms with Gasteiger partial charge in [-0.15, -0.1) is 0 Å². The minimum atomic E-state index is 0.488. The van der Waals surface area contributed by atoms with Crippen LogP contribution in [0.3, 0.4) is 0 Å². The van der Waals surface area contributed by atoms with Gasteiger partial charge >= 0.3 is 0 Å². The minimum Gasteiger partial charge on any atom is -0.378 e. The highest BCUT2D eigenvalue weighted by Crippen LogP contribution is 2.48. The zero-order valence-electron chi connectivity index (χ0n) is 14.1. The van der Waals surface area contributed by atoms with E-state index in [1.54, 1.807) is 0 Å². The van der Waals surface area contributed by atoms with Crippen LogP contribution in [0, 0.1) is 5.41 Å². The van der Waals surface area contributed by atoms with E-state index in [-0.39, 0.29) is 0 Å². The van der Waals surface area contributed by atoms with E-state index in [2.05, 4.69) is 20.9 Å². The number of pyridine rings is 1. The van der Waals surface area contributed by atoms with Crippen molar-refractivity contribution in [3.05, 3.63) is 30.1 Å². The molecule has 1 aromatic rings. The van der Waals surface area contributed by atoms with Crippen LogP contribution in [0.15, 0.2) is 24.5 Å². The summed E-state index contributed by atoms with van der Waals surface area (Å²) in [5.41, 5.74) is 1.82. The molecule has 2 aliphatic heterocycles. The fraction of sp³-hybridized carbons (Fsp3) is 0.737. The molecule has 0 aromatic carbocycles. The van der Waals surface area contributed by atoms with Crippen molar-refractivity contribution in [1.82, 2.24) is 14.8 Å². The zero-order chi connectivity index (χ0) is 15.5. The Bertz CT molecular complexity index is 489. The normalized spacial score (nSPS) is 28.6. The predicted octanol–water partition coefficient (Wildman–Crippen LogP) is 2.55. The van der Waals surface area contributed by atoms with Crippen LogP contribution in [0.25, 0.3) is 0 Å². The first-order valence-corrected chi connectivity index (χ1v) is 9.29. The molecule has 0 amide bonds. The van der Waals surface area contributed by atoms with Crippen molar-refractivity contribution in [2.75, 3.05) is 39.3 Å². The summed E-state index contributed by atoms with van der Waals surface area (Å²) in [6, 6.07) is 4.22. The number of ether oxygens (including phenoxy) is 1. The van der Waals surface area contributed by atoms with Gasteiger partial charge in [-0.3, -0.25) is 9.88 Å². The molecule has 1 saturated carbocycles. The molecule has 4 rings (SSSR count). The molecule has 0 bridgehead atoms. The zero-order valence-corrected chi connectivity index (χ0v) is 14.1. The maximum atomic E-state index is 6.06. The van der Waals surface area contributed by atoms with Gasteiger partial charge in [-0.05, 0) is 37.3 Å². The summed E-state index contributed by atoms with van der Waals surface area (Å²) in [6.45, 7) is 8.05. The Kier molecular flexibility index (Phi) is 4.65. The molecule has 23 heavy (non-hydrogen) atoms. The second kappa shape index (κ2) is 6.88. The average molecular weight is 315 g/mol. The minimum absolute atomic E-state index is 0.488. The summed E-state index contributed by atoms with van der Waals surface area (Å²) in [5, 5.41) is 0. The van der Waals surface area contributed by atoms with E-state index in [1.807, 2.05) is 18.5 Å².